The van der Waals surface area contributed by atoms with Gasteiger partial charge in [0, 0.05) is 23.8 Å². The quantitative estimate of drug-likeness (QED) is 0.367. The normalized spacial score (nSPS) is 16.9. The second-order valence-electron chi connectivity index (χ2n) is 8.68. The van der Waals surface area contributed by atoms with Crippen molar-refractivity contribution in [1.29, 1.82) is 0 Å². The Bertz CT molecular complexity index is 1610. The summed E-state index contributed by atoms with van der Waals surface area (Å²) in [5.41, 5.74) is 0.0886. The lowest BCUT2D eigenvalue weighted by molar-refractivity contribution is -0.138. The lowest BCUT2D eigenvalue weighted by Gasteiger charge is -2.11. The van der Waals surface area contributed by atoms with Crippen molar-refractivity contribution in [3.63, 3.8) is 0 Å². The Balaban J connectivity index is 1.51. The van der Waals surface area contributed by atoms with Crippen LogP contribution < -0.4 is 21.7 Å². The number of aromatic nitrogens is 4. The fraction of sp³-hybridized carbons (Fsp3) is 0.192. The first-order valence-electron chi connectivity index (χ1n) is 11.5. The van der Waals surface area contributed by atoms with E-state index in [2.05, 4.69) is 15.0 Å². The number of halogens is 1. The molecule has 1 aliphatic rings. The fourth-order valence-corrected chi connectivity index (χ4v) is 4.07. The van der Waals surface area contributed by atoms with Crippen LogP contribution in [0.2, 0.25) is 5.02 Å². The van der Waals surface area contributed by atoms with E-state index in [1.807, 2.05) is 6.07 Å². The number of rotatable bonds is 8. The van der Waals surface area contributed by atoms with E-state index in [4.69, 9.17) is 16.3 Å². The van der Waals surface area contributed by atoms with Gasteiger partial charge in [-0.15, -0.1) is 0 Å². The molecular formula is C26H22ClN5O5. The molecule has 0 radical (unpaired) electrons. The number of benzene rings is 2. The maximum absolute atomic E-state index is 13.4. The fourth-order valence-electron chi connectivity index (χ4n) is 3.94. The van der Waals surface area contributed by atoms with Crippen molar-refractivity contribution in [2.45, 2.75) is 19.5 Å². The van der Waals surface area contributed by atoms with Crippen molar-refractivity contribution in [3.05, 3.63) is 110 Å². The van der Waals surface area contributed by atoms with Crippen LogP contribution in [-0.2, 0) is 17.9 Å². The monoisotopic (exact) mass is 519 g/mol. The van der Waals surface area contributed by atoms with E-state index in [9.17, 15) is 19.5 Å². The molecule has 1 unspecified atom stereocenters. The number of aromatic amines is 1. The summed E-state index contributed by atoms with van der Waals surface area (Å²) in [4.78, 5) is 48.8. The van der Waals surface area contributed by atoms with E-state index in [0.717, 1.165) is 10.1 Å². The first kappa shape index (κ1) is 24.3. The zero-order valence-corrected chi connectivity index (χ0v) is 20.2. The number of nitrogens with zero attached hydrogens (tertiary/aromatic N) is 4. The van der Waals surface area contributed by atoms with Crippen LogP contribution in [0, 0.1) is 11.8 Å². The van der Waals surface area contributed by atoms with Crippen LogP contribution in [0.1, 0.15) is 12.0 Å². The highest BCUT2D eigenvalue weighted by Gasteiger charge is 2.43. The first-order valence-corrected chi connectivity index (χ1v) is 11.9. The molecule has 0 bridgehead atoms. The van der Waals surface area contributed by atoms with Gasteiger partial charge < -0.3 is 9.84 Å². The van der Waals surface area contributed by atoms with Gasteiger partial charge in [-0.1, -0.05) is 29.8 Å². The molecule has 1 saturated carbocycles. The molecule has 2 aromatic heterocycles. The molecule has 2 heterocycles. The predicted molar refractivity (Wildman–Crippen MR) is 135 cm³/mol. The Kier molecular flexibility index (Phi) is 6.74. The Morgan fingerprint density at radius 3 is 2.49 bits per heavy atom. The van der Waals surface area contributed by atoms with Crippen molar-refractivity contribution in [3.8, 4) is 11.6 Å². The largest absolute Gasteiger partial charge is 0.481 e. The second-order valence-corrected chi connectivity index (χ2v) is 9.11. The molecule has 188 valence electrons. The van der Waals surface area contributed by atoms with Crippen molar-refractivity contribution in [2.75, 3.05) is 0 Å². The van der Waals surface area contributed by atoms with Crippen LogP contribution in [0.4, 0.5) is 5.69 Å². The minimum atomic E-state index is -0.925. The minimum absolute atomic E-state index is 0.0194. The van der Waals surface area contributed by atoms with E-state index in [1.165, 1.54) is 4.57 Å². The van der Waals surface area contributed by atoms with Gasteiger partial charge in [0.15, 0.2) is 0 Å². The lowest BCUT2D eigenvalue weighted by atomic mass is 10.2. The molecule has 11 heteroatoms. The van der Waals surface area contributed by atoms with Crippen LogP contribution in [0.15, 0.2) is 87.5 Å². The number of carboxylic acid groups (broad SMARTS) is 1. The summed E-state index contributed by atoms with van der Waals surface area (Å²) in [6, 6.07) is 19.1. The van der Waals surface area contributed by atoms with Crippen LogP contribution in [-0.4, -0.2) is 30.2 Å². The number of nitrogens with one attached hydrogen (secondary N) is 1. The number of H-pyrrole nitrogens is 1. The summed E-state index contributed by atoms with van der Waals surface area (Å²) in [5, 5.41) is 9.76. The van der Waals surface area contributed by atoms with Gasteiger partial charge in [-0.25, -0.2) is 24.1 Å². The Morgan fingerprint density at radius 2 is 1.84 bits per heavy atom. The third kappa shape index (κ3) is 5.70. The lowest BCUT2D eigenvalue weighted by Crippen LogP contribution is -2.50. The molecule has 1 aliphatic carbocycles. The van der Waals surface area contributed by atoms with Gasteiger partial charge in [-0.05, 0) is 60.4 Å². The Morgan fingerprint density at radius 1 is 1.08 bits per heavy atom. The van der Waals surface area contributed by atoms with Gasteiger partial charge >= 0.3 is 17.3 Å². The Hall–Kier alpha value is -4.44. The highest BCUT2D eigenvalue weighted by atomic mass is 35.5. The van der Waals surface area contributed by atoms with Gasteiger partial charge in [0.2, 0.25) is 11.5 Å². The van der Waals surface area contributed by atoms with Gasteiger partial charge in [-0.2, -0.15) is 0 Å². The zero-order valence-electron chi connectivity index (χ0n) is 19.5. The van der Waals surface area contributed by atoms with E-state index in [-0.39, 0.29) is 24.6 Å². The number of carbonyl (C=O) groups is 1. The summed E-state index contributed by atoms with van der Waals surface area (Å²) in [7, 11) is 0. The Labute approximate surface area is 215 Å². The number of hydrogen-bond acceptors (Lipinski definition) is 6. The van der Waals surface area contributed by atoms with E-state index in [0.29, 0.717) is 28.8 Å². The third-order valence-corrected chi connectivity index (χ3v) is 6.28. The summed E-state index contributed by atoms with van der Waals surface area (Å²) >= 11 is 6.00. The summed E-state index contributed by atoms with van der Waals surface area (Å²) < 4.78 is 8.08. The van der Waals surface area contributed by atoms with Crippen LogP contribution in [0.25, 0.3) is 0 Å². The molecule has 0 aliphatic heterocycles. The molecule has 0 saturated heterocycles. The molecule has 0 spiro atoms. The highest BCUT2D eigenvalue weighted by Crippen LogP contribution is 2.39. The molecule has 5 rings (SSSR count). The van der Waals surface area contributed by atoms with Gasteiger partial charge in [0.1, 0.15) is 5.75 Å². The topological polar surface area (TPSA) is 132 Å². The average Bonchev–Trinajstić information content (AvgIpc) is 3.67. The molecular weight excluding hydrogens is 498 g/mol. The van der Waals surface area contributed by atoms with Crippen LogP contribution in [0.3, 0.4) is 0 Å². The predicted octanol–water partition coefficient (Wildman–Crippen LogP) is 3.18. The number of ether oxygens (including phenoxy) is 1. The van der Waals surface area contributed by atoms with E-state index in [1.54, 1.807) is 66.9 Å². The summed E-state index contributed by atoms with van der Waals surface area (Å²) in [6.07, 6.45) is 2.06. The third-order valence-electron chi connectivity index (χ3n) is 6.02. The minimum Gasteiger partial charge on any atom is -0.481 e. The highest BCUT2D eigenvalue weighted by molar-refractivity contribution is 6.30. The molecule has 2 atom stereocenters. The van der Waals surface area contributed by atoms with Crippen LogP contribution >= 0.6 is 11.6 Å². The molecule has 2 N–H and O–H groups in total. The second kappa shape index (κ2) is 10.3. The van der Waals surface area contributed by atoms with Crippen molar-refractivity contribution in [1.82, 2.24) is 19.1 Å². The summed E-state index contributed by atoms with van der Waals surface area (Å²) in [6.45, 7) is 0.144. The smallest absolute Gasteiger partial charge is 0.335 e. The molecule has 37 heavy (non-hydrogen) atoms. The number of pyridine rings is 1. The number of hydrogen-bond donors (Lipinski definition) is 2. The van der Waals surface area contributed by atoms with E-state index < -0.39 is 23.3 Å². The maximum Gasteiger partial charge on any atom is 0.335 e. The maximum atomic E-state index is 13.4. The molecule has 10 nitrogen and oxygen atoms in total. The van der Waals surface area contributed by atoms with Gasteiger partial charge in [0.05, 0.1) is 18.2 Å². The SMILES string of the molecule is O=C(O)C1C[C@H]1Cn1c(=O)[nH]c(=Nc2ccc(Oc3ccccn3)cc2)n(Cc2ccc(Cl)cc2)c1=O. The first-order chi connectivity index (χ1) is 17.9. The standard InChI is InChI=1S/C26H22ClN5O5/c27-18-6-4-16(5-7-18)14-31-24(30-25(35)32(26(31)36)15-17-13-21(17)23(33)34)29-19-8-10-20(11-9-19)37-22-3-1-2-12-28-22/h1-12,17,21H,13-15H2,(H,33,34)(H,29,30,35)/t17-,21?/m0/s1. The zero-order chi connectivity index (χ0) is 25.9. The number of aliphatic carboxylic acids is 1. The molecule has 2 aromatic carbocycles. The van der Waals surface area contributed by atoms with Gasteiger partial charge in [-0.3, -0.25) is 14.3 Å². The van der Waals surface area contributed by atoms with Crippen molar-refractivity contribution in [2.24, 2.45) is 16.8 Å². The van der Waals surface area contributed by atoms with Crippen LogP contribution in [0.5, 0.6) is 11.6 Å². The van der Waals surface area contributed by atoms with Crippen molar-refractivity contribution < 1.29 is 14.6 Å². The molecule has 4 aromatic rings. The summed E-state index contributed by atoms with van der Waals surface area (Å²) in [5.74, 6) is -0.748. The molecule has 0 amide bonds. The van der Waals surface area contributed by atoms with Crippen molar-refractivity contribution >= 4 is 23.3 Å². The molecule has 1 fully saturated rings. The van der Waals surface area contributed by atoms with Gasteiger partial charge in [0.25, 0.3) is 0 Å². The number of carboxylic acids is 1. The average molecular weight is 520 g/mol. The van der Waals surface area contributed by atoms with E-state index >= 15 is 0 Å².